The molecule has 4 rings (SSSR count). The Morgan fingerprint density at radius 2 is 1.81 bits per heavy atom. The molecule has 0 aliphatic rings. The zero-order valence-corrected chi connectivity index (χ0v) is 22.3. The molecule has 4 aromatic rings. The Morgan fingerprint density at radius 1 is 1.00 bits per heavy atom. The Morgan fingerprint density at radius 3 is 2.54 bits per heavy atom. The topological polar surface area (TPSA) is 113 Å². The lowest BCUT2D eigenvalue weighted by Crippen LogP contribution is -2.21. The van der Waals surface area contributed by atoms with Gasteiger partial charge in [0.1, 0.15) is 5.75 Å². The van der Waals surface area contributed by atoms with Gasteiger partial charge in [0.15, 0.2) is 0 Å². The van der Waals surface area contributed by atoms with Crippen molar-refractivity contribution in [2.75, 3.05) is 11.9 Å². The van der Waals surface area contributed by atoms with Crippen molar-refractivity contribution in [3.8, 4) is 5.75 Å². The predicted molar refractivity (Wildman–Crippen MR) is 148 cm³/mol. The maximum Gasteiger partial charge on any atom is 0.255 e. The number of nitrogens with one attached hydrogen (secondary N) is 2. The number of hydrogen-bond donors (Lipinski definition) is 3. The number of anilines is 1. The van der Waals surface area contributed by atoms with Gasteiger partial charge in [-0.05, 0) is 89.5 Å². The highest BCUT2D eigenvalue weighted by Crippen LogP contribution is 2.15. The fraction of sp³-hybridized carbons (Fsp3) is 0.286. The van der Waals surface area contributed by atoms with Crippen LogP contribution in [0.2, 0.25) is 0 Å². The molecule has 0 aliphatic heterocycles. The third-order valence-electron chi connectivity index (χ3n) is 6.19. The largest absolute Gasteiger partial charge is 0.508 e. The number of benzene rings is 1. The van der Waals surface area contributed by atoms with E-state index >= 15 is 0 Å². The van der Waals surface area contributed by atoms with Gasteiger partial charge in [-0.15, -0.1) is 0 Å². The standard InChI is InChI=1S/C28H30BrN5O3/c1-19-14-23(29)18-31-25(19)4-2-3-11-30-28-32-17-22(27(37)33-28)15-21-10-13-34(26(36)16-21)12-9-20-5-7-24(35)8-6-20/h5-8,10,13-14,16-18,35H,2-4,9,11-12,15H2,1H3,(H2,30,32,33,37). The van der Waals surface area contributed by atoms with Gasteiger partial charge in [0, 0.05) is 59.9 Å². The quantitative estimate of drug-likeness (QED) is 0.233. The van der Waals surface area contributed by atoms with Crippen LogP contribution in [0.3, 0.4) is 0 Å². The van der Waals surface area contributed by atoms with Gasteiger partial charge in [0.05, 0.1) is 0 Å². The lowest BCUT2D eigenvalue weighted by molar-refractivity contribution is 0.475. The second kappa shape index (κ2) is 12.5. The van der Waals surface area contributed by atoms with Crippen molar-refractivity contribution in [1.82, 2.24) is 19.5 Å². The molecule has 0 radical (unpaired) electrons. The van der Waals surface area contributed by atoms with Crippen LogP contribution in [0.25, 0.3) is 0 Å². The number of hydrogen-bond acceptors (Lipinski definition) is 6. The molecule has 0 amide bonds. The van der Waals surface area contributed by atoms with E-state index in [4.69, 9.17) is 0 Å². The molecule has 0 saturated carbocycles. The summed E-state index contributed by atoms with van der Waals surface area (Å²) in [5.74, 6) is 0.662. The Bertz CT molecular complexity index is 1460. The van der Waals surface area contributed by atoms with Crippen LogP contribution in [0, 0.1) is 6.92 Å². The van der Waals surface area contributed by atoms with Crippen molar-refractivity contribution in [1.29, 1.82) is 0 Å². The minimum atomic E-state index is -0.219. The van der Waals surface area contributed by atoms with Crippen molar-refractivity contribution in [2.24, 2.45) is 0 Å². The van der Waals surface area contributed by atoms with Gasteiger partial charge in [-0.1, -0.05) is 12.1 Å². The molecule has 0 saturated heterocycles. The molecule has 0 aliphatic carbocycles. The monoisotopic (exact) mass is 563 g/mol. The summed E-state index contributed by atoms with van der Waals surface area (Å²) in [6.07, 6.45) is 8.94. The van der Waals surface area contributed by atoms with Crippen molar-refractivity contribution in [2.45, 2.75) is 45.6 Å². The van der Waals surface area contributed by atoms with Crippen LogP contribution in [-0.2, 0) is 25.8 Å². The maximum atomic E-state index is 12.6. The first kappa shape index (κ1) is 26.3. The van der Waals surface area contributed by atoms with E-state index in [0.717, 1.165) is 40.6 Å². The number of H-pyrrole nitrogens is 1. The molecule has 9 heteroatoms. The number of aromatic nitrogens is 4. The maximum absolute atomic E-state index is 12.6. The van der Waals surface area contributed by atoms with Gasteiger partial charge in [0.2, 0.25) is 5.95 Å². The second-order valence-electron chi connectivity index (χ2n) is 9.05. The second-order valence-corrected chi connectivity index (χ2v) is 9.96. The molecule has 0 atom stereocenters. The molecule has 3 aromatic heterocycles. The van der Waals surface area contributed by atoms with E-state index in [1.54, 1.807) is 35.2 Å². The van der Waals surface area contributed by atoms with E-state index in [2.05, 4.69) is 49.2 Å². The number of aromatic amines is 1. The highest BCUT2D eigenvalue weighted by Gasteiger charge is 2.07. The summed E-state index contributed by atoms with van der Waals surface area (Å²) >= 11 is 3.44. The average molecular weight is 564 g/mol. The third-order valence-corrected chi connectivity index (χ3v) is 6.63. The highest BCUT2D eigenvalue weighted by molar-refractivity contribution is 9.10. The number of aromatic hydroxyl groups is 1. The molecular weight excluding hydrogens is 534 g/mol. The molecule has 0 spiro atoms. The molecule has 0 bridgehead atoms. The molecule has 0 fully saturated rings. The van der Waals surface area contributed by atoms with Crippen LogP contribution in [0.15, 0.2) is 75.1 Å². The van der Waals surface area contributed by atoms with E-state index in [9.17, 15) is 14.7 Å². The molecule has 0 unspecified atom stereocenters. The van der Waals surface area contributed by atoms with Gasteiger partial charge < -0.3 is 15.0 Å². The Balaban J connectivity index is 1.26. The normalized spacial score (nSPS) is 11.0. The molecule has 3 N–H and O–H groups in total. The Kier molecular flexibility index (Phi) is 8.90. The number of pyridine rings is 2. The average Bonchev–Trinajstić information content (AvgIpc) is 2.87. The molecule has 192 valence electrons. The molecular formula is C28H30BrN5O3. The molecule has 8 nitrogen and oxygen atoms in total. The van der Waals surface area contributed by atoms with Crippen molar-refractivity contribution in [3.05, 3.63) is 114 Å². The highest BCUT2D eigenvalue weighted by atomic mass is 79.9. The summed E-state index contributed by atoms with van der Waals surface area (Å²) in [6, 6.07) is 12.4. The van der Waals surface area contributed by atoms with E-state index < -0.39 is 0 Å². The lowest BCUT2D eigenvalue weighted by Gasteiger charge is -2.09. The van der Waals surface area contributed by atoms with E-state index in [-0.39, 0.29) is 16.9 Å². The molecule has 3 heterocycles. The molecule has 37 heavy (non-hydrogen) atoms. The van der Waals surface area contributed by atoms with Gasteiger partial charge in [-0.2, -0.15) is 0 Å². The van der Waals surface area contributed by atoms with Gasteiger partial charge in [0.25, 0.3) is 11.1 Å². The number of aryl methyl sites for hydroxylation is 4. The van der Waals surface area contributed by atoms with Crippen LogP contribution in [0.4, 0.5) is 5.95 Å². The van der Waals surface area contributed by atoms with Gasteiger partial charge in [-0.3, -0.25) is 19.6 Å². The number of phenolic OH excluding ortho intramolecular Hbond substituents is 1. The first-order valence-corrected chi connectivity index (χ1v) is 13.1. The van der Waals surface area contributed by atoms with Crippen LogP contribution in [0.5, 0.6) is 5.75 Å². The van der Waals surface area contributed by atoms with Gasteiger partial charge >= 0.3 is 0 Å². The molecule has 1 aromatic carbocycles. The Hall–Kier alpha value is -3.72. The van der Waals surface area contributed by atoms with E-state index in [1.807, 2.05) is 24.4 Å². The fourth-order valence-electron chi connectivity index (χ4n) is 4.07. The number of halogens is 1. The van der Waals surface area contributed by atoms with Crippen LogP contribution >= 0.6 is 15.9 Å². The smallest absolute Gasteiger partial charge is 0.255 e. The zero-order valence-electron chi connectivity index (χ0n) is 20.7. The van der Waals surface area contributed by atoms with Crippen LogP contribution in [0.1, 0.15) is 40.8 Å². The van der Waals surface area contributed by atoms with Crippen LogP contribution < -0.4 is 16.4 Å². The zero-order chi connectivity index (χ0) is 26.2. The van der Waals surface area contributed by atoms with Crippen molar-refractivity contribution >= 4 is 21.9 Å². The summed E-state index contributed by atoms with van der Waals surface area (Å²) < 4.78 is 2.63. The van der Waals surface area contributed by atoms with Crippen molar-refractivity contribution < 1.29 is 5.11 Å². The lowest BCUT2D eigenvalue weighted by atomic mass is 10.1. The first-order chi connectivity index (χ1) is 17.9. The number of rotatable bonds is 11. The minimum Gasteiger partial charge on any atom is -0.508 e. The van der Waals surface area contributed by atoms with Crippen molar-refractivity contribution in [3.63, 3.8) is 0 Å². The van der Waals surface area contributed by atoms with Crippen LogP contribution in [-0.4, -0.2) is 31.2 Å². The first-order valence-electron chi connectivity index (χ1n) is 12.3. The van der Waals surface area contributed by atoms with Gasteiger partial charge in [-0.25, -0.2) is 4.98 Å². The minimum absolute atomic E-state index is 0.118. The number of unbranched alkanes of at least 4 members (excludes halogenated alkanes) is 1. The summed E-state index contributed by atoms with van der Waals surface area (Å²) in [4.78, 5) is 36.7. The Labute approximate surface area is 223 Å². The fourth-order valence-corrected chi connectivity index (χ4v) is 4.51. The summed E-state index contributed by atoms with van der Waals surface area (Å²) in [5.41, 5.74) is 4.24. The third kappa shape index (κ3) is 7.63. The summed E-state index contributed by atoms with van der Waals surface area (Å²) in [7, 11) is 0. The SMILES string of the molecule is Cc1cc(Br)cnc1CCCCNc1ncc(Cc2ccn(CCc3ccc(O)cc3)c(=O)c2)c(=O)[nH]1. The van der Waals surface area contributed by atoms with E-state index in [1.165, 1.54) is 5.56 Å². The number of nitrogens with zero attached hydrogens (tertiary/aromatic N) is 3. The predicted octanol–water partition coefficient (Wildman–Crippen LogP) is 4.37. The number of phenols is 1. The summed E-state index contributed by atoms with van der Waals surface area (Å²) in [5, 5.41) is 12.6. The van der Waals surface area contributed by atoms with E-state index in [0.29, 0.717) is 37.4 Å². The summed E-state index contributed by atoms with van der Waals surface area (Å²) in [6.45, 7) is 3.29.